The van der Waals surface area contributed by atoms with Gasteiger partial charge in [-0.05, 0) is 0 Å². The molecule has 0 spiro atoms. The molecule has 0 amide bonds. The first kappa shape index (κ1) is 28.4. The molecule has 0 saturated heterocycles. The van der Waals surface area contributed by atoms with E-state index in [2.05, 4.69) is 0 Å². The van der Waals surface area contributed by atoms with Crippen molar-refractivity contribution in [3.8, 4) is 0 Å². The minimum absolute atomic E-state index is 1.16. The average Bonchev–Trinajstić information content (AvgIpc) is 2.64. The third-order valence-electron chi connectivity index (χ3n) is 3.71. The molecule has 1 rings (SSSR count). The Morgan fingerprint density at radius 2 is 0.636 bits per heavy atom. The Morgan fingerprint density at radius 1 is 0.455 bits per heavy atom. The highest BCUT2D eigenvalue weighted by molar-refractivity contribution is 4.87. The van der Waals surface area contributed by atoms with Gasteiger partial charge in [0.1, 0.15) is 19.6 Å². The molecule has 1 aromatic heterocycles. The third kappa shape index (κ3) is 6.67. The number of aromatic nitrogens is 3. The first-order valence-electron chi connectivity index (χ1n) is 7.71. The van der Waals surface area contributed by atoms with Crippen molar-refractivity contribution in [2.75, 3.05) is 19.6 Å². The van der Waals surface area contributed by atoms with Gasteiger partial charge in [-0.25, -0.2) is 28.1 Å². The Bertz CT molecular complexity index is 800. The lowest BCUT2D eigenvalue weighted by Gasteiger charge is -2.26. The molecule has 0 aliphatic rings. The number of hydrogen-bond acceptors (Lipinski definition) is 9. The monoisotopic (exact) mass is 519 g/mol. The fourth-order valence-corrected chi connectivity index (χ4v) is 2.42. The van der Waals surface area contributed by atoms with Crippen LogP contribution in [-0.4, -0.2) is 65.4 Å². The second-order valence-corrected chi connectivity index (χ2v) is 5.63. The Morgan fingerprint density at radius 3 is 0.758 bits per heavy atom. The van der Waals surface area contributed by atoms with Crippen molar-refractivity contribution in [1.82, 2.24) is 45.8 Å². The Kier molecular flexibility index (Phi) is 9.85. The van der Waals surface area contributed by atoms with Gasteiger partial charge >= 0.3 is 17.1 Å². The van der Waals surface area contributed by atoms with Gasteiger partial charge in [-0.15, -0.1) is 26.9 Å². The zero-order valence-electron chi connectivity index (χ0n) is 15.1. The molecule has 0 bridgehead atoms. The van der Waals surface area contributed by atoms with E-state index in [1.54, 1.807) is 0 Å². The SMILES string of the molecule is O=c1n(C(CN(F)F)N(F)F)c(=O)n(C(CN(F)F)N(F)F)c(=O)n1C(CN(F)F)N(F)F. The highest BCUT2D eigenvalue weighted by Gasteiger charge is 2.38. The van der Waals surface area contributed by atoms with E-state index in [0.717, 1.165) is 0 Å². The molecular formula is C9H9F12N9O3. The van der Waals surface area contributed by atoms with Crippen LogP contribution in [0, 0.1) is 0 Å². The normalized spacial score (nSPS) is 15.5. The summed E-state index contributed by atoms with van der Waals surface area (Å²) in [5, 5.41) is -13.3. The highest BCUT2D eigenvalue weighted by atomic mass is 19.4. The number of rotatable bonds is 12. The minimum Gasteiger partial charge on any atom is -0.247 e. The Labute approximate surface area is 170 Å². The van der Waals surface area contributed by atoms with E-state index in [0.29, 0.717) is 0 Å². The molecule has 24 heteroatoms. The van der Waals surface area contributed by atoms with Crippen LogP contribution in [0.2, 0.25) is 0 Å². The van der Waals surface area contributed by atoms with Crippen molar-refractivity contribution < 1.29 is 53.8 Å². The lowest BCUT2D eigenvalue weighted by Crippen LogP contribution is -2.61. The van der Waals surface area contributed by atoms with Crippen molar-refractivity contribution in [3.63, 3.8) is 0 Å². The van der Waals surface area contributed by atoms with E-state index in [4.69, 9.17) is 0 Å². The molecule has 0 saturated carbocycles. The second kappa shape index (κ2) is 11.5. The maximum absolute atomic E-state index is 13.1. The summed E-state index contributed by atoms with van der Waals surface area (Å²) in [5.41, 5.74) is -8.00. The second-order valence-electron chi connectivity index (χ2n) is 5.63. The standard InChI is InChI=1S/C9H9F12N9O3/c10-22(11)1-4(28(16)17)25-7(31)26(5(29(18)19)2-23(12)13)9(33)27(8(25)32)6(30(20)21)3-24(14)15/h4-6H,1-3H2. The topological polar surface area (TPSA) is 85.4 Å². The molecule has 1 aromatic rings. The van der Waals surface area contributed by atoms with Gasteiger partial charge in [-0.2, -0.15) is 0 Å². The van der Waals surface area contributed by atoms with Crippen molar-refractivity contribution in [3.05, 3.63) is 31.5 Å². The smallest absolute Gasteiger partial charge is 0.247 e. The molecule has 0 N–H and O–H groups in total. The van der Waals surface area contributed by atoms with E-state index in [-0.39, 0.29) is 0 Å². The maximum atomic E-state index is 13.1. The molecule has 0 aromatic carbocycles. The summed E-state index contributed by atoms with van der Waals surface area (Å²) in [5.74, 6) is 0. The predicted octanol–water partition coefficient (Wildman–Crippen LogP) is 1.09. The minimum atomic E-state index is -3.50. The molecule has 0 fully saturated rings. The summed E-state index contributed by atoms with van der Waals surface area (Å²) >= 11 is 0. The van der Waals surface area contributed by atoms with Gasteiger partial charge in [-0.3, -0.25) is 0 Å². The molecule has 0 radical (unpaired) electrons. The zero-order valence-corrected chi connectivity index (χ0v) is 15.1. The van der Waals surface area contributed by atoms with Crippen LogP contribution in [0.15, 0.2) is 14.4 Å². The fraction of sp³-hybridized carbons (Fsp3) is 0.667. The molecule has 3 unspecified atom stereocenters. The van der Waals surface area contributed by atoms with Crippen LogP contribution >= 0.6 is 0 Å². The van der Waals surface area contributed by atoms with Crippen LogP contribution in [0.3, 0.4) is 0 Å². The van der Waals surface area contributed by atoms with Crippen LogP contribution in [-0.2, 0) is 0 Å². The van der Waals surface area contributed by atoms with E-state index in [1.807, 2.05) is 0 Å². The number of hydrogen-bond donors (Lipinski definition) is 0. The van der Waals surface area contributed by atoms with Gasteiger partial charge in [0.25, 0.3) is 0 Å². The van der Waals surface area contributed by atoms with Crippen LogP contribution in [0.5, 0.6) is 0 Å². The van der Waals surface area contributed by atoms with Gasteiger partial charge in [0.15, 0.2) is 18.5 Å². The van der Waals surface area contributed by atoms with Crippen LogP contribution < -0.4 is 17.1 Å². The van der Waals surface area contributed by atoms with Crippen LogP contribution in [0.25, 0.3) is 0 Å². The summed E-state index contributed by atoms with van der Waals surface area (Å²) in [6.45, 7) is -6.97. The largest absolute Gasteiger partial charge is 0.339 e. The maximum Gasteiger partial charge on any atom is 0.339 e. The van der Waals surface area contributed by atoms with Crippen molar-refractivity contribution in [1.29, 1.82) is 0 Å². The molecule has 1 heterocycles. The van der Waals surface area contributed by atoms with E-state index in [1.165, 1.54) is 0 Å². The van der Waals surface area contributed by atoms with E-state index >= 15 is 0 Å². The first-order valence-corrected chi connectivity index (χ1v) is 7.71. The van der Waals surface area contributed by atoms with Gasteiger partial charge in [-0.1, -0.05) is 26.9 Å². The van der Waals surface area contributed by atoms with Crippen LogP contribution in [0.1, 0.15) is 18.5 Å². The lowest BCUT2D eigenvalue weighted by atomic mass is 10.4. The van der Waals surface area contributed by atoms with Crippen molar-refractivity contribution >= 4 is 0 Å². The third-order valence-corrected chi connectivity index (χ3v) is 3.71. The zero-order chi connectivity index (χ0) is 25.8. The fourth-order valence-electron chi connectivity index (χ4n) is 2.42. The Hall–Kier alpha value is -2.67. The van der Waals surface area contributed by atoms with Gasteiger partial charge < -0.3 is 0 Å². The summed E-state index contributed by atoms with van der Waals surface area (Å²) in [7, 11) is 0. The molecule has 12 nitrogen and oxygen atoms in total. The Balaban J connectivity index is 4.17. The predicted molar refractivity (Wildman–Crippen MR) is 75.3 cm³/mol. The van der Waals surface area contributed by atoms with Gasteiger partial charge in [0.2, 0.25) is 0 Å². The van der Waals surface area contributed by atoms with Gasteiger partial charge in [0.05, 0.1) is 0 Å². The van der Waals surface area contributed by atoms with Gasteiger partial charge in [0, 0.05) is 32.1 Å². The molecule has 0 aliphatic carbocycles. The van der Waals surface area contributed by atoms with E-state index in [9.17, 15) is 68.2 Å². The quantitative estimate of drug-likeness (QED) is 0.298. The molecule has 192 valence electrons. The molecule has 33 heavy (non-hydrogen) atoms. The summed E-state index contributed by atoms with van der Waals surface area (Å²) in [6, 6.07) is 0. The van der Waals surface area contributed by atoms with E-state index < -0.39 is 101 Å². The highest BCUT2D eigenvalue weighted by Crippen LogP contribution is 2.18. The van der Waals surface area contributed by atoms with Crippen molar-refractivity contribution in [2.24, 2.45) is 0 Å². The van der Waals surface area contributed by atoms with Crippen LogP contribution in [0.4, 0.5) is 53.8 Å². The molecule has 3 atom stereocenters. The summed E-state index contributed by atoms with van der Waals surface area (Å²) in [6.07, 6.45) is -10.5. The first-order chi connectivity index (χ1) is 15.1. The molecular weight excluding hydrogens is 510 g/mol. The van der Waals surface area contributed by atoms with Crippen molar-refractivity contribution in [2.45, 2.75) is 18.5 Å². The summed E-state index contributed by atoms with van der Waals surface area (Å²) < 4.78 is 150. The summed E-state index contributed by atoms with van der Waals surface area (Å²) in [4.78, 5) is 37.0. The number of nitrogens with zero attached hydrogens (tertiary/aromatic N) is 9. The average molecular weight is 519 g/mol. The molecule has 0 aliphatic heterocycles. The number of halogens is 12. The lowest BCUT2D eigenvalue weighted by molar-refractivity contribution is -0.262.